The number of carbonyl (C=O) groups is 1. The zero-order valence-electron chi connectivity index (χ0n) is 14.6. The summed E-state index contributed by atoms with van der Waals surface area (Å²) < 4.78 is 14.7. The highest BCUT2D eigenvalue weighted by molar-refractivity contribution is 7.22. The van der Waals surface area contributed by atoms with Gasteiger partial charge in [0.15, 0.2) is 5.13 Å². The van der Waals surface area contributed by atoms with E-state index in [0.717, 1.165) is 28.5 Å². The largest absolute Gasteiger partial charge is 0.345 e. The Hall–Kier alpha value is -2.47. The molecule has 26 heavy (non-hydrogen) atoms. The third-order valence-electron chi connectivity index (χ3n) is 4.74. The minimum Gasteiger partial charge on any atom is -0.345 e. The molecule has 0 saturated carbocycles. The van der Waals surface area contributed by atoms with E-state index >= 15 is 0 Å². The molecule has 1 aliphatic rings. The molecule has 0 radical (unpaired) electrons. The fourth-order valence-corrected chi connectivity index (χ4v) is 4.21. The molecule has 1 saturated heterocycles. The van der Waals surface area contributed by atoms with Crippen LogP contribution in [0.2, 0.25) is 0 Å². The number of nitrogens with zero attached hydrogens (tertiary/aromatic N) is 3. The Balaban J connectivity index is 1.39. The summed E-state index contributed by atoms with van der Waals surface area (Å²) in [5.74, 6) is -0.124. The summed E-state index contributed by atoms with van der Waals surface area (Å²) in [6.45, 7) is 4.83. The van der Waals surface area contributed by atoms with E-state index in [9.17, 15) is 9.18 Å². The van der Waals surface area contributed by atoms with E-state index in [0.29, 0.717) is 25.0 Å². The van der Waals surface area contributed by atoms with E-state index in [1.165, 1.54) is 23.0 Å². The minimum absolute atomic E-state index is 0.156. The molecule has 0 atom stereocenters. The molecule has 0 N–H and O–H groups in total. The van der Waals surface area contributed by atoms with Gasteiger partial charge in [-0.05, 0) is 24.6 Å². The van der Waals surface area contributed by atoms with Crippen molar-refractivity contribution in [2.75, 3.05) is 31.1 Å². The summed E-state index contributed by atoms with van der Waals surface area (Å²) in [6.07, 6.45) is 0.437. The molecular weight excluding hydrogens is 349 g/mol. The van der Waals surface area contributed by atoms with Crippen LogP contribution in [-0.4, -0.2) is 42.0 Å². The zero-order valence-corrected chi connectivity index (χ0v) is 15.4. The molecule has 1 aliphatic heterocycles. The number of carbonyl (C=O) groups excluding carboxylic acids is 1. The van der Waals surface area contributed by atoms with E-state index in [4.69, 9.17) is 0 Å². The maximum atomic E-state index is 13.8. The fourth-order valence-electron chi connectivity index (χ4n) is 3.18. The van der Waals surface area contributed by atoms with E-state index < -0.39 is 0 Å². The lowest BCUT2D eigenvalue weighted by molar-refractivity contribution is -0.130. The SMILES string of the molecule is Cc1ccc(CC(=O)N2CCN(c3nc4c(F)cccc4s3)CC2)cc1. The maximum Gasteiger partial charge on any atom is 0.227 e. The van der Waals surface area contributed by atoms with Crippen LogP contribution in [0, 0.1) is 12.7 Å². The summed E-state index contributed by atoms with van der Waals surface area (Å²) in [4.78, 5) is 21.0. The Morgan fingerprint density at radius 2 is 1.85 bits per heavy atom. The van der Waals surface area contributed by atoms with Crippen molar-refractivity contribution in [1.82, 2.24) is 9.88 Å². The number of benzene rings is 2. The quantitative estimate of drug-likeness (QED) is 0.707. The van der Waals surface area contributed by atoms with E-state index in [2.05, 4.69) is 9.88 Å². The van der Waals surface area contributed by atoms with Gasteiger partial charge in [-0.2, -0.15) is 0 Å². The Labute approximate surface area is 155 Å². The van der Waals surface area contributed by atoms with Gasteiger partial charge in [-0.1, -0.05) is 47.2 Å². The first-order valence-corrected chi connectivity index (χ1v) is 9.55. The van der Waals surface area contributed by atoms with Gasteiger partial charge >= 0.3 is 0 Å². The Morgan fingerprint density at radius 1 is 1.12 bits per heavy atom. The normalized spacial score (nSPS) is 14.8. The highest BCUT2D eigenvalue weighted by atomic mass is 32.1. The Morgan fingerprint density at radius 3 is 2.54 bits per heavy atom. The predicted octanol–water partition coefficient (Wildman–Crippen LogP) is 3.64. The summed E-state index contributed by atoms with van der Waals surface area (Å²) in [7, 11) is 0. The Bertz CT molecular complexity index is 930. The second kappa shape index (κ2) is 7.03. The predicted molar refractivity (Wildman–Crippen MR) is 103 cm³/mol. The average molecular weight is 369 g/mol. The van der Waals surface area contributed by atoms with Crippen molar-refractivity contribution in [3.8, 4) is 0 Å². The summed E-state index contributed by atoms with van der Waals surface area (Å²) in [5, 5.41) is 0.829. The molecule has 4 nitrogen and oxygen atoms in total. The third-order valence-corrected chi connectivity index (χ3v) is 5.82. The first-order chi connectivity index (χ1) is 12.6. The van der Waals surface area contributed by atoms with Crippen LogP contribution in [0.4, 0.5) is 9.52 Å². The van der Waals surface area contributed by atoms with Crippen molar-refractivity contribution in [2.24, 2.45) is 0 Å². The number of aryl methyl sites for hydroxylation is 1. The lowest BCUT2D eigenvalue weighted by atomic mass is 10.1. The molecule has 2 aromatic carbocycles. The number of fused-ring (bicyclic) bond motifs is 1. The highest BCUT2D eigenvalue weighted by Crippen LogP contribution is 2.30. The van der Waals surface area contributed by atoms with Gasteiger partial charge in [0.25, 0.3) is 0 Å². The van der Waals surface area contributed by atoms with Crippen LogP contribution in [-0.2, 0) is 11.2 Å². The molecule has 0 bridgehead atoms. The van der Waals surface area contributed by atoms with Gasteiger partial charge in [0.05, 0.1) is 11.1 Å². The van der Waals surface area contributed by atoms with E-state index in [1.54, 1.807) is 6.07 Å². The van der Waals surface area contributed by atoms with Crippen LogP contribution in [0.3, 0.4) is 0 Å². The van der Waals surface area contributed by atoms with Crippen LogP contribution in [0.5, 0.6) is 0 Å². The molecule has 0 spiro atoms. The molecule has 3 aromatic rings. The van der Waals surface area contributed by atoms with Crippen molar-refractivity contribution in [3.63, 3.8) is 0 Å². The average Bonchev–Trinajstić information content (AvgIpc) is 3.09. The maximum absolute atomic E-state index is 13.8. The number of hydrogen-bond acceptors (Lipinski definition) is 4. The monoisotopic (exact) mass is 369 g/mol. The summed E-state index contributed by atoms with van der Waals surface area (Å²) in [5.41, 5.74) is 2.68. The van der Waals surface area contributed by atoms with Crippen LogP contribution in [0.15, 0.2) is 42.5 Å². The molecular formula is C20H20FN3OS. The number of para-hydroxylation sites is 1. The molecule has 134 valence electrons. The molecule has 0 aliphatic carbocycles. The van der Waals surface area contributed by atoms with Gasteiger partial charge in [0, 0.05) is 26.2 Å². The number of halogens is 1. The van der Waals surface area contributed by atoms with Crippen molar-refractivity contribution in [1.29, 1.82) is 0 Å². The zero-order chi connectivity index (χ0) is 18.1. The molecule has 4 rings (SSSR count). The number of piperazine rings is 1. The van der Waals surface area contributed by atoms with Gasteiger partial charge in [0.1, 0.15) is 11.3 Å². The first-order valence-electron chi connectivity index (χ1n) is 8.73. The number of rotatable bonds is 3. The number of amides is 1. The summed E-state index contributed by atoms with van der Waals surface area (Å²) >= 11 is 1.50. The highest BCUT2D eigenvalue weighted by Gasteiger charge is 2.23. The van der Waals surface area contributed by atoms with Crippen molar-refractivity contribution in [3.05, 3.63) is 59.4 Å². The van der Waals surface area contributed by atoms with Crippen LogP contribution in [0.25, 0.3) is 10.2 Å². The second-order valence-corrected chi connectivity index (χ2v) is 7.62. The Kier molecular flexibility index (Phi) is 4.59. The van der Waals surface area contributed by atoms with Crippen molar-refractivity contribution in [2.45, 2.75) is 13.3 Å². The fraction of sp³-hybridized carbons (Fsp3) is 0.300. The number of thiazole rings is 1. The first kappa shape index (κ1) is 17.0. The van der Waals surface area contributed by atoms with Gasteiger partial charge in [-0.15, -0.1) is 0 Å². The molecule has 1 amide bonds. The van der Waals surface area contributed by atoms with Gasteiger partial charge in [-0.3, -0.25) is 4.79 Å². The van der Waals surface area contributed by atoms with Crippen molar-refractivity contribution >= 4 is 32.6 Å². The summed E-state index contributed by atoms with van der Waals surface area (Å²) in [6, 6.07) is 13.1. The lowest BCUT2D eigenvalue weighted by Gasteiger charge is -2.34. The van der Waals surface area contributed by atoms with Gasteiger partial charge in [0.2, 0.25) is 5.91 Å². The van der Waals surface area contributed by atoms with Gasteiger partial charge in [-0.25, -0.2) is 9.37 Å². The van der Waals surface area contributed by atoms with Crippen LogP contribution < -0.4 is 4.90 Å². The number of aromatic nitrogens is 1. The molecule has 6 heteroatoms. The molecule has 0 unspecified atom stereocenters. The van der Waals surface area contributed by atoms with E-state index in [1.807, 2.05) is 42.2 Å². The van der Waals surface area contributed by atoms with Crippen LogP contribution in [0.1, 0.15) is 11.1 Å². The van der Waals surface area contributed by atoms with E-state index in [-0.39, 0.29) is 11.7 Å². The standard InChI is InChI=1S/C20H20FN3OS/c1-14-5-7-15(8-6-14)13-18(25)23-9-11-24(12-10-23)20-22-19-16(21)3-2-4-17(19)26-20/h2-8H,9-13H2,1H3. The lowest BCUT2D eigenvalue weighted by Crippen LogP contribution is -2.49. The minimum atomic E-state index is -0.281. The second-order valence-electron chi connectivity index (χ2n) is 6.61. The molecule has 1 fully saturated rings. The van der Waals surface area contributed by atoms with Gasteiger partial charge < -0.3 is 9.80 Å². The third kappa shape index (κ3) is 3.42. The number of anilines is 1. The van der Waals surface area contributed by atoms with Crippen LogP contribution >= 0.6 is 11.3 Å². The number of hydrogen-bond donors (Lipinski definition) is 0. The molecule has 1 aromatic heterocycles. The van der Waals surface area contributed by atoms with Crippen molar-refractivity contribution < 1.29 is 9.18 Å². The smallest absolute Gasteiger partial charge is 0.227 e. The topological polar surface area (TPSA) is 36.4 Å². The molecule has 2 heterocycles.